The molecule has 0 aliphatic rings. The summed E-state index contributed by atoms with van der Waals surface area (Å²) >= 11 is 4.67. The first-order valence-electron chi connectivity index (χ1n) is 3.23. The molecule has 0 nitrogen and oxygen atoms in total. The Kier molecular flexibility index (Phi) is 3.36. The van der Waals surface area contributed by atoms with E-state index in [0.717, 1.165) is 5.57 Å². The van der Waals surface area contributed by atoms with Crippen LogP contribution in [0.1, 0.15) is 12.5 Å². The molecule has 0 bridgehead atoms. The van der Waals surface area contributed by atoms with Gasteiger partial charge in [0.1, 0.15) is 0 Å². The van der Waals surface area contributed by atoms with E-state index in [0.29, 0.717) is 0 Å². The van der Waals surface area contributed by atoms with Crippen LogP contribution in [0.5, 0.6) is 0 Å². The number of allylic oxidation sites excluding steroid dienone is 1. The zero-order chi connectivity index (χ0) is 8.43. The van der Waals surface area contributed by atoms with Gasteiger partial charge in [-0.3, -0.25) is 0 Å². The zero-order valence-corrected chi connectivity index (χ0v) is 10.5. The van der Waals surface area contributed by atoms with Crippen molar-refractivity contribution in [2.75, 3.05) is 0 Å². The van der Waals surface area contributed by atoms with Gasteiger partial charge in [-0.15, -0.1) is 0 Å². The maximum absolute atomic E-state index is 3.94. The zero-order valence-electron chi connectivity index (χ0n) is 6.20. The first-order valence-corrected chi connectivity index (χ1v) is 5.38. The van der Waals surface area contributed by atoms with Crippen LogP contribution >= 0.6 is 45.2 Å². The number of hydrogen-bond donors (Lipinski definition) is 0. The minimum absolute atomic E-state index is 1.14. The van der Waals surface area contributed by atoms with E-state index in [4.69, 9.17) is 0 Å². The third-order valence-corrected chi connectivity index (χ3v) is 3.19. The molecule has 58 valence electrons. The smallest absolute Gasteiger partial charge is 0.0215 e. The van der Waals surface area contributed by atoms with Gasteiger partial charge in [0, 0.05) is 12.7 Å². The maximum atomic E-state index is 3.94. The van der Waals surface area contributed by atoms with Crippen LogP contribution in [0.25, 0.3) is 5.57 Å². The van der Waals surface area contributed by atoms with E-state index in [1.165, 1.54) is 12.7 Å². The highest BCUT2D eigenvalue weighted by molar-refractivity contribution is 14.1. The Bertz CT molecular complexity index is 269. The second kappa shape index (κ2) is 3.89. The van der Waals surface area contributed by atoms with Crippen LogP contribution < -0.4 is 0 Å². The molecule has 0 fully saturated rings. The summed E-state index contributed by atoms with van der Waals surface area (Å²) in [6.07, 6.45) is 0. The number of rotatable bonds is 1. The number of benzene rings is 1. The SMILES string of the molecule is C=C(C)c1c(I)cccc1I. The first kappa shape index (κ1) is 9.51. The van der Waals surface area contributed by atoms with Gasteiger partial charge in [-0.1, -0.05) is 12.6 Å². The summed E-state index contributed by atoms with van der Waals surface area (Å²) in [4.78, 5) is 0. The van der Waals surface area contributed by atoms with Gasteiger partial charge >= 0.3 is 0 Å². The van der Waals surface area contributed by atoms with Crippen LogP contribution in [0.2, 0.25) is 0 Å². The number of hydrogen-bond acceptors (Lipinski definition) is 0. The molecule has 0 aromatic heterocycles. The molecule has 1 aromatic rings. The van der Waals surface area contributed by atoms with E-state index in [9.17, 15) is 0 Å². The standard InChI is InChI=1S/C9H8I2/c1-6(2)9-7(10)4-3-5-8(9)11/h3-5H,1H2,2H3. The van der Waals surface area contributed by atoms with E-state index in [2.05, 4.69) is 70.0 Å². The average Bonchev–Trinajstić information content (AvgIpc) is 1.85. The van der Waals surface area contributed by atoms with Crippen molar-refractivity contribution in [3.8, 4) is 0 Å². The first-order chi connectivity index (χ1) is 5.13. The van der Waals surface area contributed by atoms with E-state index >= 15 is 0 Å². The van der Waals surface area contributed by atoms with Gasteiger partial charge in [0.15, 0.2) is 0 Å². The van der Waals surface area contributed by atoms with E-state index in [1.807, 2.05) is 6.92 Å². The molecule has 0 heterocycles. The second-order valence-corrected chi connectivity index (χ2v) is 4.70. The van der Waals surface area contributed by atoms with Gasteiger partial charge in [0.25, 0.3) is 0 Å². The van der Waals surface area contributed by atoms with Gasteiger partial charge in [-0.05, 0) is 69.8 Å². The van der Waals surface area contributed by atoms with Crippen molar-refractivity contribution < 1.29 is 0 Å². The van der Waals surface area contributed by atoms with E-state index in [-0.39, 0.29) is 0 Å². The number of halogens is 2. The third kappa shape index (κ3) is 2.18. The molecule has 11 heavy (non-hydrogen) atoms. The molecule has 0 saturated carbocycles. The van der Waals surface area contributed by atoms with Gasteiger partial charge in [0.2, 0.25) is 0 Å². The molecule has 1 aromatic carbocycles. The van der Waals surface area contributed by atoms with Crippen molar-refractivity contribution in [1.82, 2.24) is 0 Å². The fourth-order valence-corrected chi connectivity index (χ4v) is 3.34. The summed E-state index contributed by atoms with van der Waals surface area (Å²) in [5, 5.41) is 0. The van der Waals surface area contributed by atoms with Crippen LogP contribution in [0.4, 0.5) is 0 Å². The van der Waals surface area contributed by atoms with Gasteiger partial charge in [-0.25, -0.2) is 0 Å². The predicted molar refractivity (Wildman–Crippen MR) is 66.6 cm³/mol. The molecule has 0 unspecified atom stereocenters. The molecular weight excluding hydrogens is 362 g/mol. The summed E-state index contributed by atoms with van der Waals surface area (Å²) in [5.41, 5.74) is 2.42. The summed E-state index contributed by atoms with van der Waals surface area (Å²) < 4.78 is 2.56. The predicted octanol–water partition coefficient (Wildman–Crippen LogP) is 3.93. The van der Waals surface area contributed by atoms with Crippen molar-refractivity contribution in [2.24, 2.45) is 0 Å². The normalized spacial score (nSPS) is 9.73. The maximum Gasteiger partial charge on any atom is 0.0215 e. The van der Waals surface area contributed by atoms with Crippen LogP contribution in [0.15, 0.2) is 24.8 Å². The summed E-state index contributed by atoms with van der Waals surface area (Å²) in [5.74, 6) is 0. The lowest BCUT2D eigenvalue weighted by molar-refractivity contribution is 1.49. The molecule has 0 radical (unpaired) electrons. The molecule has 0 amide bonds. The van der Waals surface area contributed by atoms with Gasteiger partial charge in [0.05, 0.1) is 0 Å². The molecule has 0 saturated heterocycles. The Morgan fingerprint density at radius 2 is 1.73 bits per heavy atom. The molecule has 2 heteroatoms. The highest BCUT2D eigenvalue weighted by atomic mass is 127. The fourth-order valence-electron chi connectivity index (χ4n) is 0.906. The highest BCUT2D eigenvalue weighted by Gasteiger charge is 2.03. The Balaban J connectivity index is 3.32. The van der Waals surface area contributed by atoms with Crippen molar-refractivity contribution >= 4 is 50.8 Å². The van der Waals surface area contributed by atoms with Crippen LogP contribution in [-0.2, 0) is 0 Å². The topological polar surface area (TPSA) is 0 Å². The third-order valence-electron chi connectivity index (χ3n) is 1.39. The second-order valence-electron chi connectivity index (χ2n) is 2.38. The quantitative estimate of drug-likeness (QED) is 0.658. The van der Waals surface area contributed by atoms with Crippen LogP contribution in [0.3, 0.4) is 0 Å². The summed E-state index contributed by atoms with van der Waals surface area (Å²) in [6, 6.07) is 6.27. The lowest BCUT2D eigenvalue weighted by Gasteiger charge is -2.05. The van der Waals surface area contributed by atoms with Crippen molar-refractivity contribution in [2.45, 2.75) is 6.92 Å². The highest BCUT2D eigenvalue weighted by Crippen LogP contribution is 2.24. The monoisotopic (exact) mass is 370 g/mol. The van der Waals surface area contributed by atoms with Gasteiger partial charge < -0.3 is 0 Å². The Hall–Kier alpha value is 0.420. The molecule has 1 rings (SSSR count). The van der Waals surface area contributed by atoms with Crippen molar-refractivity contribution in [1.29, 1.82) is 0 Å². The Labute approximate surface area is 94.4 Å². The average molecular weight is 370 g/mol. The largest absolute Gasteiger partial charge is 0.0954 e. The Morgan fingerprint density at radius 1 is 1.27 bits per heavy atom. The van der Waals surface area contributed by atoms with Crippen LogP contribution in [-0.4, -0.2) is 0 Å². The lowest BCUT2D eigenvalue weighted by atomic mass is 10.1. The summed E-state index contributed by atoms with van der Waals surface area (Å²) in [7, 11) is 0. The summed E-state index contributed by atoms with van der Waals surface area (Å²) in [6.45, 7) is 5.98. The minimum Gasteiger partial charge on any atom is -0.0954 e. The van der Waals surface area contributed by atoms with Gasteiger partial charge in [-0.2, -0.15) is 0 Å². The lowest BCUT2D eigenvalue weighted by Crippen LogP contribution is -1.87. The molecule has 0 N–H and O–H groups in total. The van der Waals surface area contributed by atoms with Crippen LogP contribution in [0, 0.1) is 7.14 Å². The molecule has 0 spiro atoms. The molecular formula is C9H8I2. The van der Waals surface area contributed by atoms with Crippen molar-refractivity contribution in [3.63, 3.8) is 0 Å². The molecule has 0 aliphatic carbocycles. The molecule has 0 atom stereocenters. The Morgan fingerprint density at radius 3 is 2.00 bits per heavy atom. The minimum atomic E-state index is 1.14. The van der Waals surface area contributed by atoms with E-state index < -0.39 is 0 Å². The fraction of sp³-hybridized carbons (Fsp3) is 0.111. The van der Waals surface area contributed by atoms with E-state index in [1.54, 1.807) is 0 Å². The molecule has 0 aliphatic heterocycles. The van der Waals surface area contributed by atoms with Crippen molar-refractivity contribution in [3.05, 3.63) is 37.5 Å².